The van der Waals surface area contributed by atoms with Gasteiger partial charge in [0, 0.05) is 11.4 Å². The predicted octanol–water partition coefficient (Wildman–Crippen LogP) is 3.43. The molecule has 0 radical (unpaired) electrons. The molecule has 0 atom stereocenters. The molecule has 0 saturated carbocycles. The summed E-state index contributed by atoms with van der Waals surface area (Å²) in [4.78, 5) is 11.9. The number of H-pyrrole nitrogens is 1. The number of halogens is 1. The first-order valence-corrected chi connectivity index (χ1v) is 6.70. The number of alkyl halides is 1. The van der Waals surface area contributed by atoms with Crippen molar-refractivity contribution in [1.29, 1.82) is 0 Å². The second kappa shape index (κ2) is 4.08. The third kappa shape index (κ3) is 1.48. The number of rotatable bonds is 1. The van der Waals surface area contributed by atoms with E-state index in [4.69, 9.17) is 16.3 Å². The molecule has 1 N–H and O–H groups in total. The summed E-state index contributed by atoms with van der Waals surface area (Å²) in [6, 6.07) is 11.1. The number of benzene rings is 2. The van der Waals surface area contributed by atoms with Crippen molar-refractivity contribution in [3.63, 3.8) is 0 Å². The van der Waals surface area contributed by atoms with Gasteiger partial charge in [0.05, 0.1) is 10.8 Å². The van der Waals surface area contributed by atoms with Gasteiger partial charge in [0.15, 0.2) is 0 Å². The van der Waals surface area contributed by atoms with E-state index < -0.39 is 0 Å². The fourth-order valence-corrected chi connectivity index (χ4v) is 2.69. The van der Waals surface area contributed by atoms with E-state index in [2.05, 4.69) is 10.2 Å². The van der Waals surface area contributed by atoms with Crippen molar-refractivity contribution < 1.29 is 4.74 Å². The molecule has 4 rings (SSSR count). The van der Waals surface area contributed by atoms with E-state index in [1.807, 2.05) is 24.3 Å². The van der Waals surface area contributed by atoms with Gasteiger partial charge in [0.1, 0.15) is 17.2 Å². The Morgan fingerprint density at radius 1 is 1.20 bits per heavy atom. The van der Waals surface area contributed by atoms with E-state index >= 15 is 0 Å². The van der Waals surface area contributed by atoms with Crippen LogP contribution in [-0.4, -0.2) is 10.2 Å². The van der Waals surface area contributed by atoms with Gasteiger partial charge < -0.3 is 4.74 Å². The minimum atomic E-state index is -0.217. The molecule has 0 spiro atoms. The highest BCUT2D eigenvalue weighted by Crippen LogP contribution is 2.44. The predicted molar refractivity (Wildman–Crippen MR) is 77.4 cm³/mol. The first kappa shape index (κ1) is 11.5. The van der Waals surface area contributed by atoms with E-state index in [0.29, 0.717) is 17.0 Å². The van der Waals surface area contributed by atoms with Gasteiger partial charge in [-0.15, -0.1) is 11.6 Å². The molecule has 0 amide bonds. The first-order chi connectivity index (χ1) is 9.78. The van der Waals surface area contributed by atoms with Crippen LogP contribution < -0.4 is 10.3 Å². The average Bonchev–Trinajstić information content (AvgIpc) is 2.49. The molecule has 4 nitrogen and oxygen atoms in total. The molecular weight excluding hydrogens is 276 g/mol. The second-order valence-electron chi connectivity index (χ2n) is 4.65. The van der Waals surface area contributed by atoms with Crippen LogP contribution in [0, 0.1) is 0 Å². The molecule has 2 heterocycles. The van der Waals surface area contributed by atoms with Gasteiger partial charge in [-0.05, 0) is 29.8 Å². The maximum Gasteiger partial charge on any atom is 0.272 e. The lowest BCUT2D eigenvalue weighted by Crippen LogP contribution is -2.12. The first-order valence-electron chi connectivity index (χ1n) is 6.16. The molecule has 0 saturated heterocycles. The van der Waals surface area contributed by atoms with E-state index in [1.165, 1.54) is 0 Å². The maximum absolute atomic E-state index is 11.9. The van der Waals surface area contributed by atoms with Crippen molar-refractivity contribution in [2.24, 2.45) is 0 Å². The van der Waals surface area contributed by atoms with Crippen LogP contribution in [0.5, 0.6) is 11.5 Å². The van der Waals surface area contributed by atoms with Crippen molar-refractivity contribution in [3.05, 3.63) is 52.3 Å². The van der Waals surface area contributed by atoms with Crippen molar-refractivity contribution in [1.82, 2.24) is 10.2 Å². The summed E-state index contributed by atoms with van der Waals surface area (Å²) < 4.78 is 5.87. The van der Waals surface area contributed by atoms with Crippen molar-refractivity contribution in [3.8, 4) is 22.8 Å². The van der Waals surface area contributed by atoms with Crippen LogP contribution in [0.15, 0.2) is 41.2 Å². The van der Waals surface area contributed by atoms with Crippen LogP contribution in [0.2, 0.25) is 0 Å². The fourth-order valence-electron chi connectivity index (χ4n) is 2.52. The summed E-state index contributed by atoms with van der Waals surface area (Å²) >= 11 is 5.88. The monoisotopic (exact) mass is 284 g/mol. The van der Waals surface area contributed by atoms with Crippen LogP contribution in [0.4, 0.5) is 0 Å². The zero-order valence-electron chi connectivity index (χ0n) is 10.3. The van der Waals surface area contributed by atoms with Gasteiger partial charge >= 0.3 is 0 Å². The third-order valence-electron chi connectivity index (χ3n) is 3.45. The lowest BCUT2D eigenvalue weighted by atomic mass is 9.99. The molecule has 3 aromatic rings. The topological polar surface area (TPSA) is 55.0 Å². The largest absolute Gasteiger partial charge is 0.456 e. The summed E-state index contributed by atoms with van der Waals surface area (Å²) in [5.74, 6) is 1.79. The Kier molecular flexibility index (Phi) is 2.35. The van der Waals surface area contributed by atoms with Gasteiger partial charge in [-0.1, -0.05) is 12.1 Å². The fraction of sp³-hybridized carbons (Fsp3) is 0.0667. The van der Waals surface area contributed by atoms with Crippen LogP contribution in [0.3, 0.4) is 0 Å². The summed E-state index contributed by atoms with van der Waals surface area (Å²) in [5.41, 5.74) is 2.34. The standard InChI is InChI=1S/C15H9ClN2O2/c16-7-8-4-5-11-10(6-8)14-13-9(15(19)18-17-14)2-1-3-12(13)20-11/h1-6H,7H2,(H,18,19). The van der Waals surface area contributed by atoms with Gasteiger partial charge in [-0.3, -0.25) is 4.79 Å². The van der Waals surface area contributed by atoms with Crippen molar-refractivity contribution in [2.75, 3.05) is 0 Å². The normalized spacial score (nSPS) is 12.1. The van der Waals surface area contributed by atoms with Gasteiger partial charge in [0.2, 0.25) is 0 Å². The maximum atomic E-state index is 11.9. The average molecular weight is 285 g/mol. The van der Waals surface area contributed by atoms with E-state index in [0.717, 1.165) is 28.0 Å². The van der Waals surface area contributed by atoms with Crippen LogP contribution >= 0.6 is 11.6 Å². The number of ether oxygens (including phenoxy) is 1. The molecule has 0 bridgehead atoms. The highest BCUT2D eigenvalue weighted by molar-refractivity contribution is 6.17. The molecule has 20 heavy (non-hydrogen) atoms. The zero-order valence-corrected chi connectivity index (χ0v) is 11.1. The molecule has 0 fully saturated rings. The zero-order chi connectivity index (χ0) is 13.7. The van der Waals surface area contributed by atoms with Gasteiger partial charge in [0.25, 0.3) is 5.56 Å². The Morgan fingerprint density at radius 3 is 2.95 bits per heavy atom. The molecule has 0 unspecified atom stereocenters. The number of hydrogen-bond acceptors (Lipinski definition) is 3. The van der Waals surface area contributed by atoms with Crippen LogP contribution in [-0.2, 0) is 5.88 Å². The molecule has 1 aromatic heterocycles. The molecule has 98 valence electrons. The Hall–Kier alpha value is -2.33. The molecule has 1 aliphatic heterocycles. The number of aromatic nitrogens is 2. The molecule has 0 aliphatic carbocycles. The van der Waals surface area contributed by atoms with Crippen molar-refractivity contribution >= 4 is 22.4 Å². The Labute approximate surface area is 119 Å². The summed E-state index contributed by atoms with van der Waals surface area (Å²) in [6.45, 7) is 0. The number of nitrogens with one attached hydrogen (secondary N) is 1. The summed E-state index contributed by atoms with van der Waals surface area (Å²) in [5, 5.41) is 8.06. The molecule has 5 heteroatoms. The third-order valence-corrected chi connectivity index (χ3v) is 3.76. The molecule has 1 aliphatic rings. The van der Waals surface area contributed by atoms with Gasteiger partial charge in [-0.2, -0.15) is 5.10 Å². The quantitative estimate of drug-likeness (QED) is 0.545. The van der Waals surface area contributed by atoms with Gasteiger partial charge in [-0.25, -0.2) is 5.10 Å². The van der Waals surface area contributed by atoms with Crippen molar-refractivity contribution in [2.45, 2.75) is 5.88 Å². The summed E-state index contributed by atoms with van der Waals surface area (Å²) in [6.07, 6.45) is 0. The minimum absolute atomic E-state index is 0.217. The smallest absolute Gasteiger partial charge is 0.272 e. The van der Waals surface area contributed by atoms with Crippen LogP contribution in [0.1, 0.15) is 5.56 Å². The lowest BCUT2D eigenvalue weighted by molar-refractivity contribution is 0.486. The molecule has 2 aromatic carbocycles. The number of nitrogens with zero attached hydrogens (tertiary/aromatic N) is 1. The lowest BCUT2D eigenvalue weighted by Gasteiger charge is -2.20. The summed E-state index contributed by atoms with van der Waals surface area (Å²) in [7, 11) is 0. The SMILES string of the molecule is O=c1[nH]nc2c3c(cccc13)Oc1ccc(CCl)cc1-2. The van der Waals surface area contributed by atoms with E-state index in [9.17, 15) is 4.79 Å². The second-order valence-corrected chi connectivity index (χ2v) is 4.91. The Balaban J connectivity index is 2.15. The van der Waals surface area contributed by atoms with Crippen LogP contribution in [0.25, 0.3) is 22.0 Å². The Morgan fingerprint density at radius 2 is 2.10 bits per heavy atom. The van der Waals surface area contributed by atoms with E-state index in [1.54, 1.807) is 12.1 Å². The minimum Gasteiger partial charge on any atom is -0.456 e. The highest BCUT2D eigenvalue weighted by atomic mass is 35.5. The van der Waals surface area contributed by atoms with E-state index in [-0.39, 0.29) is 5.56 Å². The Bertz CT molecular complexity index is 902. The number of hydrogen-bond donors (Lipinski definition) is 1. The number of aromatic amines is 1. The number of fused-ring (bicyclic) bond motifs is 2. The highest BCUT2D eigenvalue weighted by Gasteiger charge is 2.22. The molecular formula is C15H9ClN2O2.